The van der Waals surface area contributed by atoms with Gasteiger partial charge in [-0.05, 0) is 139 Å². The van der Waals surface area contributed by atoms with Crippen molar-refractivity contribution in [3.63, 3.8) is 0 Å². The van der Waals surface area contributed by atoms with Crippen molar-refractivity contribution in [3.8, 4) is 23.3 Å². The van der Waals surface area contributed by atoms with Gasteiger partial charge in [0.25, 0.3) is 0 Å². The second kappa shape index (κ2) is 19.2. The monoisotopic (exact) mass is 827 g/mol. The number of phenolic OH excluding ortho intramolecular Hbond substituents is 1. The Morgan fingerprint density at radius 1 is 0.984 bits per heavy atom. The zero-order chi connectivity index (χ0) is 42.5. The molecule has 8 atom stereocenters. The minimum Gasteiger partial charge on any atom is -0.504 e. The molecular weight excluding hydrogens is 763 g/mol. The van der Waals surface area contributed by atoms with Gasteiger partial charge in [-0.25, -0.2) is 0 Å². The van der Waals surface area contributed by atoms with Crippen LogP contribution >= 0.6 is 0 Å². The summed E-state index contributed by atoms with van der Waals surface area (Å²) in [6, 6.07) is 18.6. The number of nitrogens with two attached hydrogens (primary N) is 1. The number of rotatable bonds is 14. The topological polar surface area (TPSA) is 154 Å². The molecule has 0 radical (unpaired) electrons. The summed E-state index contributed by atoms with van der Waals surface area (Å²) in [5.74, 6) is 7.85. The molecule has 324 valence electrons. The smallest absolute Gasteiger partial charge is 0.160 e. The van der Waals surface area contributed by atoms with Crippen LogP contribution in [0, 0.1) is 35.0 Å². The fourth-order valence-electron chi connectivity index (χ4n) is 11.7. The summed E-state index contributed by atoms with van der Waals surface area (Å²) in [5, 5.41) is 43.8. The average Bonchev–Trinajstić information content (AvgIpc) is 3.77. The zero-order valence-electron chi connectivity index (χ0n) is 35.8. The van der Waals surface area contributed by atoms with Crippen molar-refractivity contribution in [1.82, 2.24) is 10.6 Å². The van der Waals surface area contributed by atoms with Crippen LogP contribution in [0.15, 0.2) is 78.1 Å². The maximum Gasteiger partial charge on any atom is 0.160 e. The third-order valence-electron chi connectivity index (χ3n) is 15.1. The molecule has 0 bridgehead atoms. The molecule has 61 heavy (non-hydrogen) atoms. The quantitative estimate of drug-likeness (QED) is 0.0892. The minimum atomic E-state index is -0.881. The second-order valence-corrected chi connectivity index (χ2v) is 18.8. The van der Waals surface area contributed by atoms with Crippen LogP contribution in [0.1, 0.15) is 125 Å². The van der Waals surface area contributed by atoms with Crippen molar-refractivity contribution in [2.45, 2.75) is 133 Å². The Morgan fingerprint density at radius 2 is 1.80 bits per heavy atom. The van der Waals surface area contributed by atoms with E-state index in [9.17, 15) is 24.9 Å². The lowest BCUT2D eigenvalue weighted by molar-refractivity contribution is -0.124. The van der Waals surface area contributed by atoms with Crippen LogP contribution < -0.4 is 21.1 Å². The highest BCUT2D eigenvalue weighted by Crippen LogP contribution is 2.52. The molecule has 3 aromatic carbocycles. The number of carbonyl (C=O) groups is 2. The molecule has 8 rings (SSSR count). The van der Waals surface area contributed by atoms with Gasteiger partial charge in [0.15, 0.2) is 17.3 Å². The Morgan fingerprint density at radius 3 is 2.61 bits per heavy atom. The molecule has 8 unspecified atom stereocenters. The number of ketones is 2. The number of allylic oxidation sites excluding steroid dienone is 2. The van der Waals surface area contributed by atoms with Gasteiger partial charge in [-0.2, -0.15) is 0 Å². The lowest BCUT2D eigenvalue weighted by Gasteiger charge is -2.47. The van der Waals surface area contributed by atoms with Crippen LogP contribution in [0.3, 0.4) is 0 Å². The molecule has 3 aliphatic carbocycles. The van der Waals surface area contributed by atoms with Crippen LogP contribution in [0.5, 0.6) is 11.5 Å². The highest BCUT2D eigenvalue weighted by atomic mass is 16.5. The van der Waals surface area contributed by atoms with Gasteiger partial charge in [0.1, 0.15) is 11.7 Å². The Balaban J connectivity index is 0.980. The van der Waals surface area contributed by atoms with E-state index < -0.39 is 18.1 Å². The predicted molar refractivity (Wildman–Crippen MR) is 240 cm³/mol. The minimum absolute atomic E-state index is 0.0100. The number of hydrogen-bond donors (Lipinski definition) is 6. The molecule has 0 spiro atoms. The van der Waals surface area contributed by atoms with Crippen molar-refractivity contribution >= 4 is 22.3 Å². The number of piperidine rings is 1. The van der Waals surface area contributed by atoms with Gasteiger partial charge in [-0.15, -0.1) is 0 Å². The number of aromatic hydroxyl groups is 1. The average molecular weight is 828 g/mol. The molecule has 1 saturated heterocycles. The molecule has 2 saturated carbocycles. The van der Waals surface area contributed by atoms with Gasteiger partial charge in [0, 0.05) is 43.7 Å². The Bertz CT molecular complexity index is 2200. The number of nitrogens with one attached hydrogen (secondary N) is 2. The lowest BCUT2D eigenvalue weighted by Crippen LogP contribution is -2.52. The predicted octanol–water partition coefficient (Wildman–Crippen LogP) is 7.86. The molecule has 9 nitrogen and oxygen atoms in total. The van der Waals surface area contributed by atoms with Crippen LogP contribution in [0.4, 0.5) is 0 Å². The van der Waals surface area contributed by atoms with Crippen molar-refractivity contribution in [3.05, 3.63) is 94.8 Å². The van der Waals surface area contributed by atoms with E-state index >= 15 is 0 Å². The molecule has 0 amide bonds. The first-order valence-corrected chi connectivity index (χ1v) is 23.0. The first kappa shape index (κ1) is 43.0. The normalized spacial score (nSPS) is 26.4. The Labute approximate surface area is 361 Å². The molecule has 2 aliphatic heterocycles. The van der Waals surface area contributed by atoms with E-state index in [0.29, 0.717) is 86.7 Å². The molecule has 3 fully saturated rings. The van der Waals surface area contributed by atoms with E-state index in [1.54, 1.807) is 6.07 Å². The molecule has 9 heteroatoms. The van der Waals surface area contributed by atoms with Crippen LogP contribution in [0.2, 0.25) is 0 Å². The number of hydrogen-bond acceptors (Lipinski definition) is 9. The van der Waals surface area contributed by atoms with E-state index in [1.165, 1.54) is 39.2 Å². The summed E-state index contributed by atoms with van der Waals surface area (Å²) in [6.45, 7) is 1.58. The number of fused-ring (bicyclic) bond motifs is 3. The van der Waals surface area contributed by atoms with E-state index in [0.717, 1.165) is 58.8 Å². The first-order chi connectivity index (χ1) is 29.6. The van der Waals surface area contributed by atoms with Crippen LogP contribution in [-0.4, -0.2) is 65.3 Å². The van der Waals surface area contributed by atoms with Gasteiger partial charge in [-0.3, -0.25) is 9.59 Å². The third kappa shape index (κ3) is 9.88. The maximum atomic E-state index is 13.9. The fourth-order valence-corrected chi connectivity index (χ4v) is 11.7. The van der Waals surface area contributed by atoms with Crippen molar-refractivity contribution in [1.29, 1.82) is 0 Å². The lowest BCUT2D eigenvalue weighted by atomic mass is 9.63. The zero-order valence-corrected chi connectivity index (χ0v) is 35.8. The number of Topliss-reactive ketones (excluding diaryl/α,β-unsaturated/α-hetero) is 2. The van der Waals surface area contributed by atoms with Gasteiger partial charge in [-0.1, -0.05) is 79.6 Å². The van der Waals surface area contributed by atoms with Gasteiger partial charge >= 0.3 is 0 Å². The molecular formula is C52H65N3O6. The third-order valence-corrected chi connectivity index (χ3v) is 15.1. The number of dihydropyridines is 1. The summed E-state index contributed by atoms with van der Waals surface area (Å²) in [4.78, 5) is 26.1. The number of methoxy groups -OCH3 is 1. The van der Waals surface area contributed by atoms with Crippen LogP contribution in [-0.2, 0) is 16.0 Å². The summed E-state index contributed by atoms with van der Waals surface area (Å²) in [7, 11) is 1.52. The summed E-state index contributed by atoms with van der Waals surface area (Å²) in [5.41, 5.74) is 10.4. The van der Waals surface area contributed by atoms with E-state index in [-0.39, 0.29) is 35.2 Å². The van der Waals surface area contributed by atoms with E-state index in [4.69, 9.17) is 10.5 Å². The van der Waals surface area contributed by atoms with Crippen LogP contribution in [0.25, 0.3) is 10.8 Å². The summed E-state index contributed by atoms with van der Waals surface area (Å²) >= 11 is 0. The first-order valence-electron chi connectivity index (χ1n) is 23.0. The maximum absolute atomic E-state index is 13.9. The van der Waals surface area contributed by atoms with Crippen molar-refractivity contribution in [2.75, 3.05) is 20.2 Å². The number of carbonyl (C=O) groups excluding carboxylic acids is 2. The van der Waals surface area contributed by atoms with Gasteiger partial charge < -0.3 is 36.4 Å². The fraction of sp³-hybridized carbons (Fsp3) is 0.538. The Hall–Kier alpha value is -4.62. The number of benzene rings is 3. The van der Waals surface area contributed by atoms with Gasteiger partial charge in [0.05, 0.1) is 25.1 Å². The van der Waals surface area contributed by atoms with E-state index in [2.05, 4.69) is 58.9 Å². The molecule has 0 aromatic heterocycles. The Kier molecular flexibility index (Phi) is 13.5. The van der Waals surface area contributed by atoms with E-state index in [1.807, 2.05) is 24.3 Å². The van der Waals surface area contributed by atoms with Crippen molar-refractivity contribution in [2.24, 2.45) is 28.9 Å². The summed E-state index contributed by atoms with van der Waals surface area (Å²) in [6.07, 6.45) is 15.4. The molecule has 7 N–H and O–H groups in total. The number of ether oxygens (including phenoxy) is 1. The highest BCUT2D eigenvalue weighted by Gasteiger charge is 2.46. The largest absolute Gasteiger partial charge is 0.504 e. The number of aliphatic hydroxyl groups excluding tert-OH is 2. The standard InChI is InChI=1S/C52H65N3O6/c1-61-50-27-37-15-19-48(59)43(47(58)9-6-23-52(21-4-5-22-52)40-26-39-13-17-42(57)30-46(39)55-32-40)18-14-34(45(37)31-49(50)60)12-16-41(56)29-44(38-20-24-54-51(53)28-38)36-11-10-33-7-2-3-8-35(33)25-36/h2-3,7-8,10-11,20,25,27-28,31,34,39-41,43-44,46-47,54-56,58,60H,4-6,9,12-13,15-17,19,21-24,26,29-30,32,53H2,1H3. The molecule has 3 aromatic rings. The SMILES string of the molecule is COc1cc2c(cc1O)C(CCC(O)CC(C1=CCNC(N)=C1)c1ccc3ccccc3c1)C#CC(C(O)CCCC1(C3CNC4CC(=O)CCC4C3)CCCC1)C(=O)CC2. The number of aliphatic hydroxyl groups is 2. The molecule has 2 heterocycles. The number of phenols is 1. The second-order valence-electron chi connectivity index (χ2n) is 18.8. The van der Waals surface area contributed by atoms with Gasteiger partial charge in [0.2, 0.25) is 0 Å². The summed E-state index contributed by atoms with van der Waals surface area (Å²) < 4.78 is 5.49. The molecule has 5 aliphatic rings. The van der Waals surface area contributed by atoms with Crippen molar-refractivity contribution < 1.29 is 29.6 Å². The number of aryl methyl sites for hydroxylation is 1. The highest BCUT2D eigenvalue weighted by molar-refractivity contribution is 5.85.